The Labute approximate surface area is 253 Å². The van der Waals surface area contributed by atoms with E-state index in [1.165, 1.54) is 5.57 Å². The first-order valence-corrected chi connectivity index (χ1v) is 17.0. The Morgan fingerprint density at radius 2 is 1.52 bits per heavy atom. The Balaban J connectivity index is 1.41. The summed E-state index contributed by atoms with van der Waals surface area (Å²) < 4.78 is 6.10. The van der Waals surface area contributed by atoms with Gasteiger partial charge >= 0.3 is 0 Å². The highest BCUT2D eigenvalue weighted by Crippen LogP contribution is 2.76. The van der Waals surface area contributed by atoms with Crippen LogP contribution in [0.25, 0.3) is 0 Å². The lowest BCUT2D eigenvalue weighted by Crippen LogP contribution is -2.67. The summed E-state index contributed by atoms with van der Waals surface area (Å²) in [5, 5.41) is 44.3. The normalized spacial score (nSPS) is 54.0. The SMILES string of the molecule is CC1O[C@@H](C(O)[C@]23CCC(C)(C)CC2C2=CCC4[C@@]5(C)CCC(=O)C(C)(C)C5CC[C@@]4(C)[C@]2(C)CC3)C(O)C(O)[C@H]1O. The van der Waals surface area contributed by atoms with Crippen LogP contribution in [0.3, 0.4) is 0 Å². The second-order valence-electron chi connectivity index (χ2n) is 17.8. The Morgan fingerprint density at radius 1 is 0.857 bits per heavy atom. The maximum atomic E-state index is 13.1. The zero-order valence-corrected chi connectivity index (χ0v) is 27.4. The Hall–Kier alpha value is -0.790. The van der Waals surface area contributed by atoms with Crippen molar-refractivity contribution >= 4 is 5.78 Å². The third-order valence-electron chi connectivity index (χ3n) is 15.2. The van der Waals surface area contributed by atoms with Crippen molar-refractivity contribution < 1.29 is 30.0 Å². The number of rotatable bonds is 2. The average Bonchev–Trinajstić information content (AvgIpc) is 2.91. The van der Waals surface area contributed by atoms with Gasteiger partial charge in [-0.25, -0.2) is 0 Å². The van der Waals surface area contributed by atoms with E-state index >= 15 is 0 Å². The van der Waals surface area contributed by atoms with Gasteiger partial charge in [0.05, 0.1) is 12.2 Å². The highest BCUT2D eigenvalue weighted by molar-refractivity contribution is 5.85. The smallest absolute Gasteiger partial charge is 0.138 e. The summed E-state index contributed by atoms with van der Waals surface area (Å²) in [5.41, 5.74) is 1.15. The monoisotopic (exact) mass is 586 g/mol. The molecule has 13 atom stereocenters. The van der Waals surface area contributed by atoms with Gasteiger partial charge in [0.25, 0.3) is 0 Å². The lowest BCUT2D eigenvalue weighted by atomic mass is 9.33. The Kier molecular flexibility index (Phi) is 7.14. The predicted molar refractivity (Wildman–Crippen MR) is 162 cm³/mol. The minimum absolute atomic E-state index is 0.00810. The standard InChI is InChI=1S/C36H58O6/c1-20-26(38)27(39)28(40)29(42-20)30(41)36-17-15-31(2,3)19-22(36)21-9-10-24-33(6)13-12-25(37)32(4,5)23(33)11-14-35(24,8)34(21,7)16-18-36/h9,20,22-24,26-30,38-41H,10-19H2,1-8H3/t20?,22?,23?,24?,26-,27?,28?,29+,30?,33-,34+,35+,36-/m0/s1. The number of allylic oxidation sites excluding steroid dienone is 2. The first-order chi connectivity index (χ1) is 19.4. The molecule has 6 aliphatic rings. The average molecular weight is 587 g/mol. The molecule has 6 nitrogen and oxygen atoms in total. The van der Waals surface area contributed by atoms with E-state index in [1.54, 1.807) is 6.92 Å². The van der Waals surface area contributed by atoms with E-state index in [9.17, 15) is 25.2 Å². The van der Waals surface area contributed by atoms with Crippen LogP contribution in [0.2, 0.25) is 0 Å². The van der Waals surface area contributed by atoms with Gasteiger partial charge < -0.3 is 25.2 Å². The molecule has 1 aliphatic heterocycles. The molecular formula is C36H58O6. The first kappa shape index (κ1) is 31.2. The van der Waals surface area contributed by atoms with E-state index in [0.29, 0.717) is 24.0 Å². The molecule has 4 saturated carbocycles. The molecule has 0 spiro atoms. The van der Waals surface area contributed by atoms with E-state index in [0.717, 1.165) is 57.8 Å². The van der Waals surface area contributed by atoms with Gasteiger partial charge in [0, 0.05) is 17.3 Å². The topological polar surface area (TPSA) is 107 Å². The van der Waals surface area contributed by atoms with Crippen LogP contribution >= 0.6 is 0 Å². The number of fused-ring (bicyclic) bond motifs is 7. The van der Waals surface area contributed by atoms with Gasteiger partial charge in [-0.1, -0.05) is 60.1 Å². The zero-order valence-electron chi connectivity index (χ0n) is 27.4. The first-order valence-electron chi connectivity index (χ1n) is 17.0. The summed E-state index contributed by atoms with van der Waals surface area (Å²) in [6, 6.07) is 0. The van der Waals surface area contributed by atoms with Crippen molar-refractivity contribution in [2.45, 2.75) is 156 Å². The van der Waals surface area contributed by atoms with Gasteiger partial charge in [-0.2, -0.15) is 0 Å². The van der Waals surface area contributed by atoms with Gasteiger partial charge in [0.2, 0.25) is 0 Å². The fraction of sp³-hybridized carbons (Fsp3) is 0.917. The molecule has 0 aromatic rings. The van der Waals surface area contributed by atoms with Gasteiger partial charge in [-0.3, -0.25) is 4.79 Å². The zero-order chi connectivity index (χ0) is 30.8. The molecule has 0 radical (unpaired) electrons. The minimum atomic E-state index is -1.34. The molecule has 0 amide bonds. The molecule has 4 N–H and O–H groups in total. The molecule has 6 rings (SSSR count). The highest BCUT2D eigenvalue weighted by Gasteiger charge is 2.69. The largest absolute Gasteiger partial charge is 0.390 e. The molecule has 5 fully saturated rings. The molecule has 42 heavy (non-hydrogen) atoms. The van der Waals surface area contributed by atoms with E-state index < -0.39 is 42.0 Å². The van der Waals surface area contributed by atoms with Crippen molar-refractivity contribution in [3.8, 4) is 0 Å². The number of aliphatic hydroxyl groups is 4. The molecule has 1 saturated heterocycles. The Morgan fingerprint density at radius 3 is 2.21 bits per heavy atom. The lowest BCUT2D eigenvalue weighted by Gasteiger charge is -2.71. The molecule has 0 aromatic carbocycles. The molecule has 0 bridgehead atoms. The number of ether oxygens (including phenoxy) is 1. The number of Topliss-reactive ketones (excluding diaryl/α,β-unsaturated/α-hetero) is 1. The van der Waals surface area contributed by atoms with E-state index in [1.807, 2.05) is 0 Å². The molecule has 7 unspecified atom stereocenters. The second kappa shape index (κ2) is 9.61. The minimum Gasteiger partial charge on any atom is -0.390 e. The maximum Gasteiger partial charge on any atom is 0.138 e. The fourth-order valence-corrected chi connectivity index (χ4v) is 12.3. The second-order valence-corrected chi connectivity index (χ2v) is 17.8. The Bertz CT molecular complexity index is 1140. The molecule has 238 valence electrons. The fourth-order valence-electron chi connectivity index (χ4n) is 12.3. The molecule has 6 heteroatoms. The van der Waals surface area contributed by atoms with Gasteiger partial charge in [-0.15, -0.1) is 0 Å². The number of carbonyl (C=O) groups excluding carboxylic acids is 1. The molecule has 1 heterocycles. The van der Waals surface area contributed by atoms with Gasteiger partial charge in [0.15, 0.2) is 0 Å². The summed E-state index contributed by atoms with van der Waals surface area (Å²) in [4.78, 5) is 13.1. The van der Waals surface area contributed by atoms with Crippen molar-refractivity contribution in [2.24, 2.45) is 50.2 Å². The van der Waals surface area contributed by atoms with E-state index in [4.69, 9.17) is 4.74 Å². The van der Waals surface area contributed by atoms with E-state index in [-0.39, 0.29) is 33.0 Å². The van der Waals surface area contributed by atoms with Gasteiger partial charge in [-0.05, 0) is 104 Å². The van der Waals surface area contributed by atoms with Crippen molar-refractivity contribution in [3.63, 3.8) is 0 Å². The summed E-state index contributed by atoms with van der Waals surface area (Å²) in [6.45, 7) is 18.4. The van der Waals surface area contributed by atoms with Crippen LogP contribution in [0.1, 0.15) is 120 Å². The number of aliphatic hydroxyl groups excluding tert-OH is 4. The quantitative estimate of drug-likeness (QED) is 0.315. The molecule has 0 aromatic heterocycles. The van der Waals surface area contributed by atoms with Crippen LogP contribution in [0.4, 0.5) is 0 Å². The summed E-state index contributed by atoms with van der Waals surface area (Å²) >= 11 is 0. The van der Waals surface area contributed by atoms with Crippen molar-refractivity contribution in [1.82, 2.24) is 0 Å². The van der Waals surface area contributed by atoms with Crippen LogP contribution in [0, 0.1) is 50.2 Å². The van der Waals surface area contributed by atoms with Crippen molar-refractivity contribution in [2.75, 3.05) is 0 Å². The van der Waals surface area contributed by atoms with Crippen LogP contribution in [-0.4, -0.2) is 62.8 Å². The van der Waals surface area contributed by atoms with Crippen molar-refractivity contribution in [3.05, 3.63) is 11.6 Å². The van der Waals surface area contributed by atoms with Crippen LogP contribution in [-0.2, 0) is 9.53 Å². The van der Waals surface area contributed by atoms with Gasteiger partial charge in [0.1, 0.15) is 30.2 Å². The molecule has 5 aliphatic carbocycles. The van der Waals surface area contributed by atoms with Crippen molar-refractivity contribution in [1.29, 1.82) is 0 Å². The predicted octanol–water partition coefficient (Wildman–Crippen LogP) is 5.59. The number of carbonyl (C=O) groups is 1. The number of ketones is 1. The highest BCUT2D eigenvalue weighted by atomic mass is 16.5. The van der Waals surface area contributed by atoms with Crippen LogP contribution in [0.5, 0.6) is 0 Å². The van der Waals surface area contributed by atoms with Crippen LogP contribution in [0.15, 0.2) is 11.6 Å². The van der Waals surface area contributed by atoms with Crippen LogP contribution < -0.4 is 0 Å². The number of hydrogen-bond acceptors (Lipinski definition) is 6. The lowest BCUT2D eigenvalue weighted by molar-refractivity contribution is -0.264. The third-order valence-corrected chi connectivity index (χ3v) is 15.2. The summed E-state index contributed by atoms with van der Waals surface area (Å²) in [7, 11) is 0. The van der Waals surface area contributed by atoms with E-state index in [2.05, 4.69) is 54.5 Å². The third kappa shape index (κ3) is 3.96. The summed E-state index contributed by atoms with van der Waals surface area (Å²) in [6.07, 6.45) is 5.77. The maximum absolute atomic E-state index is 13.1. The summed E-state index contributed by atoms with van der Waals surface area (Å²) in [5.74, 6) is 1.53. The number of hydrogen-bond donors (Lipinski definition) is 4. The molecular weight excluding hydrogens is 528 g/mol.